The fourth-order valence-corrected chi connectivity index (χ4v) is 3.67. The third-order valence-corrected chi connectivity index (χ3v) is 4.92. The van der Waals surface area contributed by atoms with Gasteiger partial charge in [0.15, 0.2) is 0 Å². The Balaban J connectivity index is 1.78. The first-order valence-electron chi connectivity index (χ1n) is 7.55. The van der Waals surface area contributed by atoms with E-state index in [2.05, 4.69) is 10.1 Å². The van der Waals surface area contributed by atoms with Crippen LogP contribution < -0.4 is 0 Å². The summed E-state index contributed by atoms with van der Waals surface area (Å²) in [5, 5.41) is 15.9. The zero-order chi connectivity index (χ0) is 15.5. The average molecular weight is 320 g/mol. The molecule has 6 nitrogen and oxygen atoms in total. The number of piperidine rings is 1. The van der Waals surface area contributed by atoms with Crippen LogP contribution in [0.4, 0.5) is 0 Å². The lowest BCUT2D eigenvalue weighted by Gasteiger charge is -2.35. The van der Waals surface area contributed by atoms with Gasteiger partial charge in [-0.15, -0.1) is 11.3 Å². The van der Waals surface area contributed by atoms with Crippen molar-refractivity contribution in [3.8, 4) is 10.6 Å². The fourth-order valence-electron chi connectivity index (χ4n) is 2.90. The van der Waals surface area contributed by atoms with Crippen LogP contribution in [-0.2, 0) is 7.05 Å². The van der Waals surface area contributed by atoms with Crippen LogP contribution in [-0.4, -0.2) is 49.9 Å². The first-order chi connectivity index (χ1) is 10.7. The summed E-state index contributed by atoms with van der Waals surface area (Å²) in [4.78, 5) is 19.1. The van der Waals surface area contributed by atoms with Gasteiger partial charge in [0.1, 0.15) is 10.7 Å². The molecule has 1 aliphatic heterocycles. The van der Waals surface area contributed by atoms with Crippen LogP contribution in [0.1, 0.15) is 36.2 Å². The average Bonchev–Trinajstić information content (AvgIpc) is 3.16. The lowest BCUT2D eigenvalue weighted by Crippen LogP contribution is -2.44. The number of carbonyl (C=O) groups excluding carboxylic acids is 1. The molecule has 0 aliphatic carbocycles. The number of aromatic nitrogens is 3. The topological polar surface area (TPSA) is 71.2 Å². The van der Waals surface area contributed by atoms with Gasteiger partial charge in [0, 0.05) is 43.4 Å². The van der Waals surface area contributed by atoms with Crippen LogP contribution >= 0.6 is 11.3 Å². The Bertz CT molecular complexity index is 650. The van der Waals surface area contributed by atoms with Crippen LogP contribution in [0.2, 0.25) is 0 Å². The first kappa shape index (κ1) is 15.2. The summed E-state index contributed by atoms with van der Waals surface area (Å²) in [6.45, 7) is 0.871. The number of aliphatic hydroxyl groups excluding tert-OH is 1. The van der Waals surface area contributed by atoms with Crippen molar-refractivity contribution in [2.75, 3.05) is 13.2 Å². The predicted molar refractivity (Wildman–Crippen MR) is 84.7 cm³/mol. The zero-order valence-corrected chi connectivity index (χ0v) is 13.4. The predicted octanol–water partition coefficient (Wildman–Crippen LogP) is 1.92. The van der Waals surface area contributed by atoms with E-state index in [4.69, 9.17) is 0 Å². The normalized spacial score (nSPS) is 18.6. The van der Waals surface area contributed by atoms with E-state index in [1.54, 1.807) is 10.9 Å². The highest BCUT2D eigenvalue weighted by atomic mass is 32.1. The van der Waals surface area contributed by atoms with Crippen LogP contribution in [0.5, 0.6) is 0 Å². The minimum absolute atomic E-state index is 0.0236. The molecule has 1 unspecified atom stereocenters. The minimum atomic E-state index is -0.0236. The molecule has 118 valence electrons. The molecule has 0 aromatic carbocycles. The Morgan fingerprint density at radius 3 is 3.09 bits per heavy atom. The van der Waals surface area contributed by atoms with Crippen molar-refractivity contribution in [3.63, 3.8) is 0 Å². The van der Waals surface area contributed by atoms with Gasteiger partial charge in [-0.1, -0.05) is 0 Å². The number of hydrogen-bond donors (Lipinski definition) is 1. The monoisotopic (exact) mass is 320 g/mol. The first-order valence-corrected chi connectivity index (χ1v) is 8.43. The number of thiazole rings is 1. The number of rotatable bonds is 4. The SMILES string of the molecule is Cn1cc(-c2nc(C(=O)N3CCCCC3CCO)cs2)cn1. The Morgan fingerprint density at radius 2 is 2.36 bits per heavy atom. The van der Waals surface area contributed by atoms with Gasteiger partial charge in [-0.3, -0.25) is 9.48 Å². The van der Waals surface area contributed by atoms with Gasteiger partial charge in [0.2, 0.25) is 0 Å². The second-order valence-corrected chi connectivity index (χ2v) is 6.46. The number of carbonyl (C=O) groups is 1. The summed E-state index contributed by atoms with van der Waals surface area (Å²) in [5.74, 6) is -0.0236. The largest absolute Gasteiger partial charge is 0.396 e. The molecule has 1 atom stereocenters. The van der Waals surface area contributed by atoms with E-state index in [0.29, 0.717) is 12.1 Å². The molecular weight excluding hydrogens is 300 g/mol. The number of likely N-dealkylation sites (tertiary alicyclic amines) is 1. The Hall–Kier alpha value is -1.73. The molecule has 1 saturated heterocycles. The standard InChI is InChI=1S/C15H20N4O2S/c1-18-9-11(8-16-18)14-17-13(10-22-14)15(21)19-6-3-2-4-12(19)5-7-20/h8-10,12,20H,2-7H2,1H3. The van der Waals surface area contributed by atoms with Crippen molar-refractivity contribution >= 4 is 17.2 Å². The van der Waals surface area contributed by atoms with Gasteiger partial charge in [-0.25, -0.2) is 4.98 Å². The molecule has 2 aromatic rings. The van der Waals surface area contributed by atoms with Gasteiger partial charge in [-0.2, -0.15) is 5.10 Å². The van der Waals surface area contributed by atoms with Gasteiger partial charge >= 0.3 is 0 Å². The van der Waals surface area contributed by atoms with Gasteiger partial charge < -0.3 is 10.0 Å². The molecule has 0 radical (unpaired) electrons. The molecular formula is C15H20N4O2S. The summed E-state index contributed by atoms with van der Waals surface area (Å²) in [6, 6.07) is 0.134. The highest BCUT2D eigenvalue weighted by Gasteiger charge is 2.28. The number of aliphatic hydroxyl groups is 1. The second-order valence-electron chi connectivity index (χ2n) is 5.60. The van der Waals surface area contributed by atoms with E-state index in [1.165, 1.54) is 11.3 Å². The van der Waals surface area contributed by atoms with Gasteiger partial charge in [0.05, 0.1) is 6.20 Å². The molecule has 1 N–H and O–H groups in total. The van der Waals surface area contributed by atoms with E-state index >= 15 is 0 Å². The number of amides is 1. The van der Waals surface area contributed by atoms with Gasteiger partial charge in [0.25, 0.3) is 5.91 Å². The van der Waals surface area contributed by atoms with E-state index in [0.717, 1.165) is 36.4 Å². The number of hydrogen-bond acceptors (Lipinski definition) is 5. The summed E-state index contributed by atoms with van der Waals surface area (Å²) >= 11 is 1.46. The summed E-state index contributed by atoms with van der Waals surface area (Å²) in [6.07, 6.45) is 7.39. The van der Waals surface area contributed by atoms with Crippen molar-refractivity contribution in [1.82, 2.24) is 19.7 Å². The summed E-state index contributed by atoms with van der Waals surface area (Å²) in [5.41, 5.74) is 1.42. The van der Waals surface area contributed by atoms with Crippen LogP contribution in [0.3, 0.4) is 0 Å². The third kappa shape index (κ3) is 3.05. The minimum Gasteiger partial charge on any atom is -0.396 e. The molecule has 0 saturated carbocycles. The number of nitrogens with zero attached hydrogens (tertiary/aromatic N) is 4. The Kier molecular flexibility index (Phi) is 4.54. The lowest BCUT2D eigenvalue weighted by molar-refractivity contribution is 0.0569. The molecule has 1 fully saturated rings. The highest BCUT2D eigenvalue weighted by Crippen LogP contribution is 2.26. The maximum absolute atomic E-state index is 12.7. The van der Waals surface area contributed by atoms with Crippen molar-refractivity contribution in [2.24, 2.45) is 7.05 Å². The molecule has 0 spiro atoms. The van der Waals surface area contributed by atoms with Crippen LogP contribution in [0, 0.1) is 0 Å². The van der Waals surface area contributed by atoms with E-state index < -0.39 is 0 Å². The van der Waals surface area contributed by atoms with Crippen LogP contribution in [0.25, 0.3) is 10.6 Å². The maximum Gasteiger partial charge on any atom is 0.273 e. The van der Waals surface area contributed by atoms with Crippen molar-refractivity contribution < 1.29 is 9.90 Å². The zero-order valence-electron chi connectivity index (χ0n) is 12.6. The van der Waals surface area contributed by atoms with E-state index in [1.807, 2.05) is 23.5 Å². The Morgan fingerprint density at radius 1 is 1.50 bits per heavy atom. The van der Waals surface area contributed by atoms with E-state index in [9.17, 15) is 9.90 Å². The maximum atomic E-state index is 12.7. The fraction of sp³-hybridized carbons (Fsp3) is 0.533. The molecule has 7 heteroatoms. The lowest BCUT2D eigenvalue weighted by atomic mass is 9.99. The van der Waals surface area contributed by atoms with Crippen molar-refractivity contribution in [1.29, 1.82) is 0 Å². The Labute approximate surface area is 133 Å². The molecule has 1 amide bonds. The molecule has 3 heterocycles. The molecule has 0 bridgehead atoms. The van der Waals surface area contributed by atoms with Crippen molar-refractivity contribution in [3.05, 3.63) is 23.5 Å². The smallest absolute Gasteiger partial charge is 0.273 e. The second kappa shape index (κ2) is 6.58. The molecule has 3 rings (SSSR count). The molecule has 2 aromatic heterocycles. The van der Waals surface area contributed by atoms with Crippen molar-refractivity contribution in [2.45, 2.75) is 31.7 Å². The van der Waals surface area contributed by atoms with E-state index in [-0.39, 0.29) is 18.6 Å². The van der Waals surface area contributed by atoms with Crippen LogP contribution in [0.15, 0.2) is 17.8 Å². The highest BCUT2D eigenvalue weighted by molar-refractivity contribution is 7.13. The van der Waals surface area contributed by atoms with Gasteiger partial charge in [-0.05, 0) is 25.7 Å². The molecule has 22 heavy (non-hydrogen) atoms. The quantitative estimate of drug-likeness (QED) is 0.934. The third-order valence-electron chi connectivity index (χ3n) is 4.03. The molecule has 1 aliphatic rings. The number of aryl methyl sites for hydroxylation is 1. The summed E-state index contributed by atoms with van der Waals surface area (Å²) in [7, 11) is 1.86. The summed E-state index contributed by atoms with van der Waals surface area (Å²) < 4.78 is 1.72.